The Kier molecular flexibility index (Phi) is 5.03. The van der Waals surface area contributed by atoms with Crippen LogP contribution in [0.5, 0.6) is 0 Å². The molecule has 86 valence electrons. The van der Waals surface area contributed by atoms with Gasteiger partial charge in [0.15, 0.2) is 0 Å². The molecule has 1 aromatic heterocycles. The van der Waals surface area contributed by atoms with Gasteiger partial charge in [0.1, 0.15) is 6.17 Å². The summed E-state index contributed by atoms with van der Waals surface area (Å²) in [6, 6.07) is 3.69. The lowest BCUT2D eigenvalue weighted by molar-refractivity contribution is 0.186. The van der Waals surface area contributed by atoms with E-state index in [0.29, 0.717) is 17.3 Å². The summed E-state index contributed by atoms with van der Waals surface area (Å²) in [5.74, 6) is 0.214. The first kappa shape index (κ1) is 12.9. The Balaban J connectivity index is 2.57. The second-order valence-electron chi connectivity index (χ2n) is 4.07. The van der Waals surface area contributed by atoms with Crippen molar-refractivity contribution in [3.05, 3.63) is 21.3 Å². The Morgan fingerprint density at radius 2 is 2.13 bits per heavy atom. The lowest BCUT2D eigenvalue weighted by atomic mass is 9.89. The highest BCUT2D eigenvalue weighted by molar-refractivity contribution is 7.16. The molecule has 0 radical (unpaired) electrons. The van der Waals surface area contributed by atoms with Gasteiger partial charge in [0.05, 0.1) is 4.34 Å². The fourth-order valence-electron chi connectivity index (χ4n) is 1.64. The third-order valence-corrected chi connectivity index (χ3v) is 3.87. The van der Waals surface area contributed by atoms with Gasteiger partial charge < -0.3 is 5.73 Å². The second kappa shape index (κ2) is 5.83. The zero-order chi connectivity index (χ0) is 11.4. The van der Waals surface area contributed by atoms with Crippen LogP contribution in [0.1, 0.15) is 18.7 Å². The molecule has 1 aromatic rings. The highest BCUT2D eigenvalue weighted by Crippen LogP contribution is 2.26. The van der Waals surface area contributed by atoms with Crippen LogP contribution in [0.15, 0.2) is 12.1 Å². The molecule has 1 nitrogen and oxygen atoms in total. The van der Waals surface area contributed by atoms with Gasteiger partial charge in [0.2, 0.25) is 0 Å². The lowest BCUT2D eigenvalue weighted by Crippen LogP contribution is -2.30. The Morgan fingerprint density at radius 1 is 1.47 bits per heavy atom. The van der Waals surface area contributed by atoms with E-state index in [4.69, 9.17) is 17.3 Å². The highest BCUT2D eigenvalue weighted by atomic mass is 35.5. The summed E-state index contributed by atoms with van der Waals surface area (Å²) in [4.78, 5) is 0.992. The van der Waals surface area contributed by atoms with Crippen LogP contribution in [0.3, 0.4) is 0 Å². The third-order valence-electron chi connectivity index (χ3n) is 2.62. The molecule has 0 saturated heterocycles. The standard InChI is InChI=1S/C11H17ClFNS/c1-7(2)9(6-14)10(13)5-8-3-4-11(12)15-8/h3-4,7,9-10H,5-6,14H2,1-2H3. The van der Waals surface area contributed by atoms with Crippen molar-refractivity contribution >= 4 is 22.9 Å². The molecule has 0 amide bonds. The number of nitrogens with two attached hydrogens (primary N) is 1. The maximum Gasteiger partial charge on any atom is 0.109 e. The van der Waals surface area contributed by atoms with E-state index >= 15 is 0 Å². The van der Waals surface area contributed by atoms with E-state index in [-0.39, 0.29) is 11.8 Å². The molecule has 0 aromatic carbocycles. The van der Waals surface area contributed by atoms with Crippen molar-refractivity contribution in [2.75, 3.05) is 6.54 Å². The minimum atomic E-state index is -0.871. The Labute approximate surface area is 99.4 Å². The average Bonchev–Trinajstić information content (AvgIpc) is 2.51. The van der Waals surface area contributed by atoms with Gasteiger partial charge in [0.25, 0.3) is 0 Å². The van der Waals surface area contributed by atoms with Crippen LogP contribution in [0, 0.1) is 11.8 Å². The van der Waals surface area contributed by atoms with Crippen molar-refractivity contribution in [2.24, 2.45) is 17.6 Å². The Morgan fingerprint density at radius 3 is 2.53 bits per heavy atom. The van der Waals surface area contributed by atoms with Gasteiger partial charge in [-0.25, -0.2) is 4.39 Å². The number of alkyl halides is 1. The van der Waals surface area contributed by atoms with Crippen molar-refractivity contribution in [2.45, 2.75) is 26.4 Å². The summed E-state index contributed by atoms with van der Waals surface area (Å²) in [6.45, 7) is 4.41. The van der Waals surface area contributed by atoms with Crippen LogP contribution in [0.25, 0.3) is 0 Å². The molecule has 4 heteroatoms. The molecule has 1 rings (SSSR count). The highest BCUT2D eigenvalue weighted by Gasteiger charge is 2.23. The van der Waals surface area contributed by atoms with Crippen LogP contribution in [-0.4, -0.2) is 12.7 Å². The van der Waals surface area contributed by atoms with Crippen LogP contribution < -0.4 is 5.73 Å². The van der Waals surface area contributed by atoms with Gasteiger partial charge in [-0.1, -0.05) is 25.4 Å². The van der Waals surface area contributed by atoms with E-state index in [1.165, 1.54) is 11.3 Å². The van der Waals surface area contributed by atoms with E-state index in [1.54, 1.807) is 6.07 Å². The van der Waals surface area contributed by atoms with Crippen molar-refractivity contribution in [3.63, 3.8) is 0 Å². The molecular formula is C11H17ClFNS. The van der Waals surface area contributed by atoms with Crippen molar-refractivity contribution in [3.8, 4) is 0 Å². The molecule has 0 bridgehead atoms. The zero-order valence-electron chi connectivity index (χ0n) is 9.04. The summed E-state index contributed by atoms with van der Waals surface area (Å²) in [5.41, 5.74) is 5.57. The SMILES string of the molecule is CC(C)C(CN)C(F)Cc1ccc(Cl)s1. The van der Waals surface area contributed by atoms with E-state index in [9.17, 15) is 4.39 Å². The van der Waals surface area contributed by atoms with Crippen LogP contribution >= 0.6 is 22.9 Å². The first-order valence-electron chi connectivity index (χ1n) is 5.13. The van der Waals surface area contributed by atoms with Gasteiger partial charge in [-0.2, -0.15) is 0 Å². The second-order valence-corrected chi connectivity index (χ2v) is 5.87. The molecule has 15 heavy (non-hydrogen) atoms. The van der Waals surface area contributed by atoms with Crippen molar-refractivity contribution < 1.29 is 4.39 Å². The maximum absolute atomic E-state index is 13.9. The van der Waals surface area contributed by atoms with Crippen LogP contribution in [-0.2, 0) is 6.42 Å². The molecule has 2 atom stereocenters. The predicted octanol–water partition coefficient (Wildman–Crippen LogP) is 3.51. The van der Waals surface area contributed by atoms with E-state index in [1.807, 2.05) is 19.9 Å². The number of hydrogen-bond acceptors (Lipinski definition) is 2. The third kappa shape index (κ3) is 3.74. The van der Waals surface area contributed by atoms with Gasteiger partial charge in [-0.3, -0.25) is 0 Å². The monoisotopic (exact) mass is 249 g/mol. The zero-order valence-corrected chi connectivity index (χ0v) is 10.6. The summed E-state index contributed by atoms with van der Waals surface area (Å²) in [6.07, 6.45) is -0.443. The Bertz CT molecular complexity index is 301. The van der Waals surface area contributed by atoms with Crippen LogP contribution in [0.4, 0.5) is 4.39 Å². The summed E-state index contributed by atoms with van der Waals surface area (Å²) in [7, 11) is 0. The summed E-state index contributed by atoms with van der Waals surface area (Å²) in [5, 5.41) is 0. The Hall–Kier alpha value is -0.120. The van der Waals surface area contributed by atoms with Crippen molar-refractivity contribution in [1.82, 2.24) is 0 Å². The quantitative estimate of drug-likeness (QED) is 0.849. The first-order valence-corrected chi connectivity index (χ1v) is 6.32. The topological polar surface area (TPSA) is 26.0 Å². The smallest absolute Gasteiger partial charge is 0.109 e. The number of thiophene rings is 1. The molecular weight excluding hydrogens is 233 g/mol. The van der Waals surface area contributed by atoms with Gasteiger partial charge in [0, 0.05) is 17.2 Å². The number of halogens is 2. The molecule has 0 fully saturated rings. The molecule has 2 N–H and O–H groups in total. The fourth-order valence-corrected chi connectivity index (χ4v) is 2.77. The molecule has 0 saturated carbocycles. The van der Waals surface area contributed by atoms with E-state index < -0.39 is 6.17 Å². The van der Waals surface area contributed by atoms with Crippen molar-refractivity contribution in [1.29, 1.82) is 0 Å². The average molecular weight is 250 g/mol. The predicted molar refractivity (Wildman–Crippen MR) is 65.3 cm³/mol. The van der Waals surface area contributed by atoms with Crippen LogP contribution in [0.2, 0.25) is 4.34 Å². The van der Waals surface area contributed by atoms with Gasteiger partial charge in [-0.15, -0.1) is 11.3 Å². The molecule has 1 heterocycles. The molecule has 0 aliphatic heterocycles. The largest absolute Gasteiger partial charge is 0.330 e. The number of hydrogen-bond donors (Lipinski definition) is 1. The minimum absolute atomic E-state index is 0.0640. The number of rotatable bonds is 5. The van der Waals surface area contributed by atoms with Gasteiger partial charge >= 0.3 is 0 Å². The lowest BCUT2D eigenvalue weighted by Gasteiger charge is -2.22. The minimum Gasteiger partial charge on any atom is -0.330 e. The summed E-state index contributed by atoms with van der Waals surface area (Å²) < 4.78 is 14.6. The molecule has 2 unspecified atom stereocenters. The molecule has 0 aliphatic carbocycles. The molecule has 0 aliphatic rings. The van der Waals surface area contributed by atoms with E-state index in [0.717, 1.165) is 4.88 Å². The summed E-state index contributed by atoms with van der Waals surface area (Å²) >= 11 is 7.23. The van der Waals surface area contributed by atoms with E-state index in [2.05, 4.69) is 0 Å². The maximum atomic E-state index is 13.9. The normalized spacial score (nSPS) is 15.6. The first-order chi connectivity index (χ1) is 7.04. The molecule has 0 spiro atoms. The fraction of sp³-hybridized carbons (Fsp3) is 0.636. The van der Waals surface area contributed by atoms with Gasteiger partial charge in [-0.05, 0) is 24.6 Å².